The van der Waals surface area contributed by atoms with Crippen LogP contribution in [0.1, 0.15) is 34.8 Å². The molecule has 0 atom stereocenters. The molecule has 0 aromatic carbocycles. The predicted molar refractivity (Wildman–Crippen MR) is 42.9 cm³/mol. The Morgan fingerprint density at radius 1 is 1.62 bits per heavy atom. The van der Waals surface area contributed by atoms with Gasteiger partial charge in [0.25, 0.3) is 0 Å². The maximum atomic E-state index is 11.1. The number of hydrogen-bond donors (Lipinski definition) is 1. The summed E-state index contributed by atoms with van der Waals surface area (Å²) >= 11 is 0. The molecule has 0 spiro atoms. The van der Waals surface area contributed by atoms with E-state index in [4.69, 9.17) is 5.11 Å². The van der Waals surface area contributed by atoms with E-state index >= 15 is 0 Å². The Labute approximate surface area is 73.5 Å². The van der Waals surface area contributed by atoms with Crippen molar-refractivity contribution in [1.82, 2.24) is 4.74 Å². The molecule has 0 unspecified atom stereocenters. The van der Waals surface area contributed by atoms with Crippen molar-refractivity contribution in [3.63, 3.8) is 0 Å². The first-order chi connectivity index (χ1) is 6.11. The van der Waals surface area contributed by atoms with E-state index in [9.17, 15) is 9.59 Å². The van der Waals surface area contributed by atoms with Gasteiger partial charge in [0.2, 0.25) is 0 Å². The second-order valence-electron chi connectivity index (χ2n) is 3.22. The molecule has 13 heavy (non-hydrogen) atoms. The molecule has 1 aromatic rings. The summed E-state index contributed by atoms with van der Waals surface area (Å²) in [5.74, 6) is -1.00. The third kappa shape index (κ3) is 1.16. The highest BCUT2D eigenvalue weighted by Gasteiger charge is 2.34. The fourth-order valence-electron chi connectivity index (χ4n) is 1.50. The molecular weight excluding hydrogens is 174 g/mol. The molecule has 0 saturated heterocycles. The molecule has 1 aliphatic rings. The van der Waals surface area contributed by atoms with E-state index in [-0.39, 0.29) is 11.5 Å². The number of carboxylic acid groups (broad SMARTS) is 1. The summed E-state index contributed by atoms with van der Waals surface area (Å²) in [4.78, 5) is 21.8. The van der Waals surface area contributed by atoms with Gasteiger partial charge in [0.1, 0.15) is 0 Å². The van der Waals surface area contributed by atoms with Crippen LogP contribution in [0.5, 0.6) is 0 Å². The molecule has 0 aliphatic heterocycles. The smallest absolute Gasteiger partial charge is 0.372 e. The standard InChI is InChI=1S/C8H9NO4/c1-9-6(4-2-3-4)5(7(10)11)8(12)13-9/h4H,2-3H2,1H3,(H,10,11). The third-order valence-electron chi connectivity index (χ3n) is 2.20. The molecular formula is C8H9NO4. The normalized spacial score (nSPS) is 16.1. The van der Waals surface area contributed by atoms with Gasteiger partial charge in [-0.1, -0.05) is 0 Å². The van der Waals surface area contributed by atoms with E-state index in [0.29, 0.717) is 5.69 Å². The molecule has 1 saturated carbocycles. The number of hydrogen-bond acceptors (Lipinski definition) is 3. The van der Waals surface area contributed by atoms with Crippen molar-refractivity contribution in [2.75, 3.05) is 0 Å². The summed E-state index contributed by atoms with van der Waals surface area (Å²) in [5.41, 5.74) is -0.431. The Morgan fingerprint density at radius 2 is 2.23 bits per heavy atom. The fourth-order valence-corrected chi connectivity index (χ4v) is 1.50. The molecule has 0 radical (unpaired) electrons. The van der Waals surface area contributed by atoms with Gasteiger partial charge >= 0.3 is 11.6 Å². The average molecular weight is 183 g/mol. The second kappa shape index (κ2) is 2.48. The van der Waals surface area contributed by atoms with Gasteiger partial charge in [-0.3, -0.25) is 0 Å². The van der Waals surface area contributed by atoms with E-state index in [1.165, 1.54) is 4.74 Å². The molecule has 5 heteroatoms. The SMILES string of the molecule is Cn1oc(=O)c(C(=O)O)c1C1CC1. The van der Waals surface area contributed by atoms with Crippen molar-refractivity contribution in [1.29, 1.82) is 0 Å². The van der Waals surface area contributed by atoms with E-state index in [1.807, 2.05) is 0 Å². The van der Waals surface area contributed by atoms with Gasteiger partial charge in [0.15, 0.2) is 5.56 Å². The molecule has 1 aromatic heterocycles. The number of rotatable bonds is 2. The lowest BCUT2D eigenvalue weighted by Gasteiger charge is -1.97. The average Bonchev–Trinajstić information content (AvgIpc) is 2.77. The van der Waals surface area contributed by atoms with E-state index in [1.54, 1.807) is 7.05 Å². The zero-order valence-electron chi connectivity index (χ0n) is 7.11. The van der Waals surface area contributed by atoms with Crippen LogP contribution in [0.4, 0.5) is 0 Å². The number of carbonyl (C=O) groups is 1. The second-order valence-corrected chi connectivity index (χ2v) is 3.22. The van der Waals surface area contributed by atoms with Gasteiger partial charge in [-0.25, -0.2) is 14.3 Å². The lowest BCUT2D eigenvalue weighted by Crippen LogP contribution is -2.11. The van der Waals surface area contributed by atoms with E-state index in [2.05, 4.69) is 4.52 Å². The minimum atomic E-state index is -1.20. The largest absolute Gasteiger partial charge is 0.477 e. The molecule has 2 rings (SSSR count). The predicted octanol–water partition coefficient (Wildman–Crippen LogP) is 0.554. The minimum Gasteiger partial charge on any atom is -0.477 e. The van der Waals surface area contributed by atoms with Crippen LogP contribution in [-0.4, -0.2) is 15.8 Å². The maximum Gasteiger partial charge on any atom is 0.372 e. The first kappa shape index (κ1) is 8.10. The van der Waals surface area contributed by atoms with Crippen LogP contribution in [0.3, 0.4) is 0 Å². The van der Waals surface area contributed by atoms with Crippen molar-refractivity contribution >= 4 is 5.97 Å². The molecule has 1 heterocycles. The molecule has 1 aliphatic carbocycles. The van der Waals surface area contributed by atoms with Gasteiger partial charge in [-0.05, 0) is 12.8 Å². The van der Waals surface area contributed by atoms with Crippen LogP contribution >= 0.6 is 0 Å². The van der Waals surface area contributed by atoms with Gasteiger partial charge in [-0.15, -0.1) is 0 Å². The Balaban J connectivity index is 2.63. The van der Waals surface area contributed by atoms with Crippen LogP contribution < -0.4 is 5.63 Å². The molecule has 0 bridgehead atoms. The van der Waals surface area contributed by atoms with E-state index in [0.717, 1.165) is 12.8 Å². The number of nitrogens with zero attached hydrogens (tertiary/aromatic N) is 1. The Bertz CT molecular complexity index is 410. The van der Waals surface area contributed by atoms with Gasteiger partial charge in [-0.2, -0.15) is 0 Å². The van der Waals surface area contributed by atoms with Crippen molar-refractivity contribution in [2.24, 2.45) is 7.05 Å². The van der Waals surface area contributed by atoms with Gasteiger partial charge in [0.05, 0.1) is 5.69 Å². The number of aryl methyl sites for hydroxylation is 1. The highest BCUT2D eigenvalue weighted by molar-refractivity contribution is 5.88. The number of aromatic nitrogens is 1. The maximum absolute atomic E-state index is 11.1. The summed E-state index contributed by atoms with van der Waals surface area (Å²) in [6, 6.07) is 0. The summed E-state index contributed by atoms with van der Waals surface area (Å²) in [7, 11) is 1.56. The monoisotopic (exact) mass is 183 g/mol. The molecule has 1 N–H and O–H groups in total. The van der Waals surface area contributed by atoms with Crippen molar-refractivity contribution in [2.45, 2.75) is 18.8 Å². The highest BCUT2D eigenvalue weighted by Crippen LogP contribution is 2.40. The lowest BCUT2D eigenvalue weighted by atomic mass is 10.2. The molecule has 0 amide bonds. The van der Waals surface area contributed by atoms with Crippen molar-refractivity contribution < 1.29 is 14.4 Å². The zero-order valence-corrected chi connectivity index (χ0v) is 7.11. The Morgan fingerprint density at radius 3 is 2.69 bits per heavy atom. The third-order valence-corrected chi connectivity index (χ3v) is 2.20. The van der Waals surface area contributed by atoms with Crippen molar-refractivity contribution in [3.05, 3.63) is 21.7 Å². The summed E-state index contributed by atoms with van der Waals surface area (Å²) in [6.45, 7) is 0. The number of aromatic carboxylic acids is 1. The van der Waals surface area contributed by atoms with E-state index < -0.39 is 11.6 Å². The minimum absolute atomic E-state index is 0.197. The fraction of sp³-hybridized carbons (Fsp3) is 0.500. The van der Waals surface area contributed by atoms with Crippen LogP contribution in [0, 0.1) is 0 Å². The molecule has 1 fully saturated rings. The van der Waals surface area contributed by atoms with Crippen LogP contribution in [0.15, 0.2) is 9.32 Å². The highest BCUT2D eigenvalue weighted by atomic mass is 16.5. The Kier molecular flexibility index (Phi) is 1.55. The number of carboxylic acids is 1. The van der Waals surface area contributed by atoms with Crippen LogP contribution in [0.25, 0.3) is 0 Å². The van der Waals surface area contributed by atoms with Crippen LogP contribution in [0.2, 0.25) is 0 Å². The van der Waals surface area contributed by atoms with Gasteiger partial charge < -0.3 is 9.63 Å². The van der Waals surface area contributed by atoms with Gasteiger partial charge in [0, 0.05) is 13.0 Å². The van der Waals surface area contributed by atoms with Crippen molar-refractivity contribution in [3.8, 4) is 0 Å². The quantitative estimate of drug-likeness (QED) is 0.726. The Hall–Kier alpha value is -1.52. The summed E-state index contributed by atoms with van der Waals surface area (Å²) in [5, 5.41) is 8.76. The van der Waals surface area contributed by atoms with Crippen LogP contribution in [-0.2, 0) is 7.05 Å². The summed E-state index contributed by atoms with van der Waals surface area (Å²) < 4.78 is 5.96. The lowest BCUT2D eigenvalue weighted by molar-refractivity contribution is 0.0693. The first-order valence-electron chi connectivity index (χ1n) is 4.04. The summed E-state index contributed by atoms with van der Waals surface area (Å²) in [6.07, 6.45) is 1.88. The zero-order chi connectivity index (χ0) is 9.59. The molecule has 5 nitrogen and oxygen atoms in total. The topological polar surface area (TPSA) is 72.4 Å². The molecule has 70 valence electrons. The first-order valence-corrected chi connectivity index (χ1v) is 4.04.